The minimum absolute atomic E-state index is 0.195. The first-order chi connectivity index (χ1) is 30.3. The van der Waals surface area contributed by atoms with Crippen molar-refractivity contribution in [2.45, 2.75) is 38.5 Å². The van der Waals surface area contributed by atoms with Crippen molar-refractivity contribution in [1.82, 2.24) is 8.80 Å². The average molecular weight is 793 g/mol. The first kappa shape index (κ1) is 35.3. The zero-order chi connectivity index (χ0) is 41.5. The van der Waals surface area contributed by atoms with Gasteiger partial charge in [0.2, 0.25) is 0 Å². The largest absolute Gasteiger partial charge is 0.308 e. The SMILES string of the molecule is CC(C)(c1ccccc1)c1ccc2c(c1)c1c3c4ccc(-c5ccccc5)cc4n4c5ccc(C(C)(C)c6ccccc6)cc5c(c5c6ccc(-c7ccccc7)cc6n2c15)c34. The molecule has 0 radical (unpaired) electrons. The first-order valence-corrected chi connectivity index (χ1v) is 21.9. The lowest BCUT2D eigenvalue weighted by Crippen LogP contribution is -2.18. The molecule has 0 aliphatic carbocycles. The van der Waals surface area contributed by atoms with Gasteiger partial charge in [0.25, 0.3) is 0 Å². The molecule has 13 aromatic rings. The molecule has 294 valence electrons. The molecule has 0 spiro atoms. The van der Waals surface area contributed by atoms with E-state index in [1.54, 1.807) is 0 Å². The maximum Gasteiger partial charge on any atom is 0.0634 e. The lowest BCUT2D eigenvalue weighted by Gasteiger charge is -2.26. The lowest BCUT2D eigenvalue weighted by molar-refractivity contribution is 0.642. The predicted octanol–water partition coefficient (Wildman–Crippen LogP) is 16.0. The Morgan fingerprint density at radius 2 is 0.629 bits per heavy atom. The maximum atomic E-state index is 2.61. The summed E-state index contributed by atoms with van der Waals surface area (Å²) in [6.45, 7) is 9.47. The molecule has 13 rings (SSSR count). The van der Waals surface area contributed by atoms with E-state index in [-0.39, 0.29) is 10.8 Å². The minimum Gasteiger partial charge on any atom is -0.308 e. The number of hydrogen-bond acceptors (Lipinski definition) is 0. The Morgan fingerprint density at radius 3 is 1.02 bits per heavy atom. The minimum atomic E-state index is -0.195. The van der Waals surface area contributed by atoms with Gasteiger partial charge in [0.05, 0.1) is 33.1 Å². The summed E-state index contributed by atoms with van der Waals surface area (Å²) in [4.78, 5) is 0. The van der Waals surface area contributed by atoms with E-state index in [1.165, 1.54) is 121 Å². The first-order valence-electron chi connectivity index (χ1n) is 21.9. The summed E-state index contributed by atoms with van der Waals surface area (Å²) >= 11 is 0. The summed E-state index contributed by atoms with van der Waals surface area (Å²) < 4.78 is 5.21. The van der Waals surface area contributed by atoms with Crippen LogP contribution < -0.4 is 0 Å². The van der Waals surface area contributed by atoms with Crippen molar-refractivity contribution < 1.29 is 0 Å². The summed E-state index contributed by atoms with van der Waals surface area (Å²) in [5, 5.41) is 10.5. The molecule has 0 aliphatic heterocycles. The molecule has 2 heteroatoms. The molecular formula is C60H44N2. The van der Waals surface area contributed by atoms with Crippen LogP contribution in [0.2, 0.25) is 0 Å². The highest BCUT2D eigenvalue weighted by Crippen LogP contribution is 2.53. The second kappa shape index (κ2) is 12.6. The Kier molecular flexibility index (Phi) is 7.16. The third-order valence-corrected chi connectivity index (χ3v) is 14.6. The lowest BCUT2D eigenvalue weighted by atomic mass is 9.77. The van der Waals surface area contributed by atoms with Crippen LogP contribution in [-0.4, -0.2) is 8.80 Å². The van der Waals surface area contributed by atoms with E-state index in [0.717, 1.165) is 0 Å². The maximum absolute atomic E-state index is 2.61. The van der Waals surface area contributed by atoms with Gasteiger partial charge in [0.1, 0.15) is 0 Å². The molecule has 0 unspecified atom stereocenters. The average Bonchev–Trinajstić information content (AvgIpc) is 4.05. The summed E-state index contributed by atoms with van der Waals surface area (Å²) in [5.74, 6) is 0. The molecule has 9 aromatic carbocycles. The van der Waals surface area contributed by atoms with E-state index in [4.69, 9.17) is 0 Å². The standard InChI is InChI=1S/C60H44N2/c1-59(2,41-21-13-7-14-22-41)43-27-31-49-47(35-43)55-53-45-29-25-40(38-19-11-6-12-20-38)34-52(45)62-50-32-28-44(60(3,4)42-23-15-8-16-24-42)36-48(50)56(58(53)62)54-46-30-26-39(37-17-9-5-10-18-37)33-51(46)61(49)57(54)55/h5-36H,1-4H3. The van der Waals surface area contributed by atoms with Crippen molar-refractivity contribution in [3.63, 3.8) is 0 Å². The van der Waals surface area contributed by atoms with Crippen LogP contribution in [0, 0.1) is 0 Å². The number of benzene rings is 9. The fourth-order valence-corrected chi connectivity index (χ4v) is 11.1. The molecule has 4 heterocycles. The van der Waals surface area contributed by atoms with E-state index in [1.807, 2.05) is 0 Å². The van der Waals surface area contributed by atoms with Crippen molar-refractivity contribution in [2.24, 2.45) is 0 Å². The molecule has 0 saturated carbocycles. The molecule has 4 aromatic heterocycles. The Hall–Kier alpha value is -7.42. The molecule has 0 bridgehead atoms. The van der Waals surface area contributed by atoms with Crippen LogP contribution in [0.3, 0.4) is 0 Å². The quantitative estimate of drug-likeness (QED) is 0.159. The van der Waals surface area contributed by atoms with Crippen molar-refractivity contribution in [3.8, 4) is 22.3 Å². The van der Waals surface area contributed by atoms with Gasteiger partial charge < -0.3 is 8.80 Å². The van der Waals surface area contributed by atoms with Gasteiger partial charge in [-0.25, -0.2) is 0 Å². The molecule has 0 aliphatic rings. The van der Waals surface area contributed by atoms with E-state index in [2.05, 4.69) is 231 Å². The van der Waals surface area contributed by atoms with Gasteiger partial charge in [0.15, 0.2) is 0 Å². The van der Waals surface area contributed by atoms with Gasteiger partial charge in [-0.2, -0.15) is 0 Å². The Balaban J connectivity index is 1.24. The van der Waals surface area contributed by atoms with Crippen LogP contribution in [0.25, 0.3) is 98.4 Å². The normalized spacial score (nSPS) is 12.8. The topological polar surface area (TPSA) is 8.82 Å². The van der Waals surface area contributed by atoms with Gasteiger partial charge in [-0.05, 0) is 80.9 Å². The summed E-state index contributed by atoms with van der Waals surface area (Å²) in [6.07, 6.45) is 0. The van der Waals surface area contributed by atoms with Crippen LogP contribution >= 0.6 is 0 Å². The number of fused-ring (bicyclic) bond motifs is 14. The highest BCUT2D eigenvalue weighted by atomic mass is 14.9. The Bertz CT molecular complexity index is 3610. The van der Waals surface area contributed by atoms with Gasteiger partial charge in [-0.1, -0.05) is 185 Å². The van der Waals surface area contributed by atoms with Gasteiger partial charge in [-0.3, -0.25) is 0 Å². The second-order valence-electron chi connectivity index (χ2n) is 18.5. The van der Waals surface area contributed by atoms with Crippen LogP contribution in [-0.2, 0) is 10.8 Å². The van der Waals surface area contributed by atoms with E-state index >= 15 is 0 Å². The van der Waals surface area contributed by atoms with Gasteiger partial charge in [0, 0.05) is 53.9 Å². The van der Waals surface area contributed by atoms with Crippen molar-refractivity contribution in [2.75, 3.05) is 0 Å². The molecule has 0 saturated heterocycles. The van der Waals surface area contributed by atoms with Crippen molar-refractivity contribution in [3.05, 3.63) is 216 Å². The summed E-state index contributed by atoms with van der Waals surface area (Å²) in [7, 11) is 0. The predicted molar refractivity (Wildman–Crippen MR) is 264 cm³/mol. The monoisotopic (exact) mass is 792 g/mol. The highest BCUT2D eigenvalue weighted by molar-refractivity contribution is 6.45. The zero-order valence-corrected chi connectivity index (χ0v) is 35.4. The number of rotatable bonds is 6. The molecule has 62 heavy (non-hydrogen) atoms. The van der Waals surface area contributed by atoms with Crippen LogP contribution in [0.15, 0.2) is 194 Å². The van der Waals surface area contributed by atoms with E-state index in [9.17, 15) is 0 Å². The van der Waals surface area contributed by atoms with E-state index in [0.29, 0.717) is 0 Å². The third-order valence-electron chi connectivity index (χ3n) is 14.6. The van der Waals surface area contributed by atoms with Crippen LogP contribution in [0.4, 0.5) is 0 Å². The fraction of sp³-hybridized carbons (Fsp3) is 0.100. The fourth-order valence-electron chi connectivity index (χ4n) is 11.1. The highest BCUT2D eigenvalue weighted by Gasteiger charge is 2.32. The molecule has 0 fully saturated rings. The molecule has 0 atom stereocenters. The summed E-state index contributed by atoms with van der Waals surface area (Å²) in [5.41, 5.74) is 17.4. The van der Waals surface area contributed by atoms with Gasteiger partial charge >= 0.3 is 0 Å². The number of nitrogens with zero attached hydrogens (tertiary/aromatic N) is 2. The van der Waals surface area contributed by atoms with Crippen molar-refractivity contribution in [1.29, 1.82) is 0 Å². The molecule has 2 nitrogen and oxygen atoms in total. The zero-order valence-electron chi connectivity index (χ0n) is 35.4. The van der Waals surface area contributed by atoms with Crippen molar-refractivity contribution >= 4 is 76.2 Å². The summed E-state index contributed by atoms with van der Waals surface area (Å²) in [6, 6.07) is 72.6. The smallest absolute Gasteiger partial charge is 0.0634 e. The van der Waals surface area contributed by atoms with E-state index < -0.39 is 0 Å². The Labute approximate surface area is 360 Å². The molecule has 0 N–H and O–H groups in total. The molecule has 0 amide bonds. The number of aromatic nitrogens is 2. The molecular weight excluding hydrogens is 749 g/mol. The van der Waals surface area contributed by atoms with Crippen LogP contribution in [0.1, 0.15) is 49.9 Å². The Morgan fingerprint density at radius 1 is 0.274 bits per heavy atom. The number of hydrogen-bond donors (Lipinski definition) is 0. The second-order valence-corrected chi connectivity index (χ2v) is 18.5. The third kappa shape index (κ3) is 4.70. The van der Waals surface area contributed by atoms with Gasteiger partial charge in [-0.15, -0.1) is 0 Å². The van der Waals surface area contributed by atoms with Crippen LogP contribution in [0.5, 0.6) is 0 Å².